The van der Waals surface area contributed by atoms with Gasteiger partial charge in [0.25, 0.3) is 0 Å². The zero-order valence-electron chi connectivity index (χ0n) is 23.0. The third-order valence-corrected chi connectivity index (χ3v) is 5.66. The normalized spacial score (nSPS) is 12.4. The van der Waals surface area contributed by atoms with Gasteiger partial charge < -0.3 is 9.47 Å². The molecule has 0 unspecified atom stereocenters. The average molecular weight is 481 g/mol. The lowest BCUT2D eigenvalue weighted by atomic mass is 10.0. The molecular formula is C31H44O4. The molecule has 1 aromatic carbocycles. The van der Waals surface area contributed by atoms with Crippen LogP contribution in [-0.2, 0) is 16.0 Å². The molecule has 0 radical (unpaired) electrons. The number of ether oxygens (including phenoxy) is 2. The standard InChI is InChI=1S/C31H44O4/c1-22(2)12-9-13-23(3)14-10-15-24(4)16-11-17-25(5)18-19-29-21-30(34-27(7)32)20-26(6)31(29)35-28(8)33/h12,14,16,18,20-21H,9-11,13,15,17,19H2,1-8H3. The van der Waals surface area contributed by atoms with Gasteiger partial charge in [0.05, 0.1) is 0 Å². The zero-order valence-corrected chi connectivity index (χ0v) is 23.0. The second-order valence-corrected chi connectivity index (χ2v) is 9.67. The quantitative estimate of drug-likeness (QED) is 0.161. The average Bonchev–Trinajstić information content (AvgIpc) is 2.73. The maximum absolute atomic E-state index is 11.6. The number of carbonyl (C=O) groups is 2. The number of rotatable bonds is 13. The summed E-state index contributed by atoms with van der Waals surface area (Å²) >= 11 is 0. The highest BCUT2D eigenvalue weighted by Crippen LogP contribution is 2.30. The smallest absolute Gasteiger partial charge is 0.308 e. The summed E-state index contributed by atoms with van der Waals surface area (Å²) in [6.07, 6.45) is 16.2. The van der Waals surface area contributed by atoms with Crippen LogP contribution < -0.4 is 9.47 Å². The first-order valence-corrected chi connectivity index (χ1v) is 12.6. The Morgan fingerprint density at radius 2 is 1.17 bits per heavy atom. The molecule has 0 aliphatic heterocycles. The summed E-state index contributed by atoms with van der Waals surface area (Å²) in [5, 5.41) is 0. The highest BCUT2D eigenvalue weighted by atomic mass is 16.5. The number of carbonyl (C=O) groups excluding carboxylic acids is 2. The number of esters is 2. The minimum absolute atomic E-state index is 0.367. The van der Waals surface area contributed by atoms with Crippen molar-refractivity contribution in [2.24, 2.45) is 0 Å². The largest absolute Gasteiger partial charge is 0.427 e. The van der Waals surface area contributed by atoms with Crippen LogP contribution in [0.3, 0.4) is 0 Å². The third-order valence-electron chi connectivity index (χ3n) is 5.66. The molecule has 0 spiro atoms. The van der Waals surface area contributed by atoms with Gasteiger partial charge in [0.2, 0.25) is 0 Å². The Morgan fingerprint density at radius 3 is 1.66 bits per heavy atom. The summed E-state index contributed by atoms with van der Waals surface area (Å²) in [7, 11) is 0. The summed E-state index contributed by atoms with van der Waals surface area (Å²) in [6, 6.07) is 3.49. The Balaban J connectivity index is 2.67. The van der Waals surface area contributed by atoms with Crippen LogP contribution in [0.4, 0.5) is 0 Å². The Hall–Kier alpha value is -2.88. The molecule has 0 saturated heterocycles. The van der Waals surface area contributed by atoms with Crippen LogP contribution >= 0.6 is 0 Å². The zero-order chi connectivity index (χ0) is 26.4. The van der Waals surface area contributed by atoms with E-state index in [1.165, 1.54) is 36.1 Å². The molecule has 35 heavy (non-hydrogen) atoms. The fraction of sp³-hybridized carbons (Fsp3) is 0.484. The van der Waals surface area contributed by atoms with Crippen molar-refractivity contribution in [3.05, 3.63) is 69.9 Å². The molecule has 0 aliphatic carbocycles. The van der Waals surface area contributed by atoms with Crippen LogP contribution in [0.2, 0.25) is 0 Å². The van der Waals surface area contributed by atoms with E-state index in [-0.39, 0.29) is 11.9 Å². The monoisotopic (exact) mass is 480 g/mol. The second kappa shape index (κ2) is 15.9. The van der Waals surface area contributed by atoms with Gasteiger partial charge in [-0.3, -0.25) is 9.59 Å². The summed E-state index contributed by atoms with van der Waals surface area (Å²) < 4.78 is 10.7. The predicted molar refractivity (Wildman–Crippen MR) is 146 cm³/mol. The molecule has 0 aliphatic rings. The van der Waals surface area contributed by atoms with E-state index in [1.807, 2.05) is 6.92 Å². The van der Waals surface area contributed by atoms with Gasteiger partial charge in [0.1, 0.15) is 11.5 Å². The van der Waals surface area contributed by atoms with Crippen molar-refractivity contribution >= 4 is 11.9 Å². The van der Waals surface area contributed by atoms with Crippen LogP contribution in [0, 0.1) is 6.92 Å². The van der Waals surface area contributed by atoms with Crippen LogP contribution in [0.15, 0.2) is 58.7 Å². The van der Waals surface area contributed by atoms with E-state index in [0.717, 1.165) is 49.7 Å². The third kappa shape index (κ3) is 13.6. The molecule has 0 N–H and O–H groups in total. The van der Waals surface area contributed by atoms with Crippen molar-refractivity contribution < 1.29 is 19.1 Å². The van der Waals surface area contributed by atoms with Crippen molar-refractivity contribution in [3.8, 4) is 11.5 Å². The lowest BCUT2D eigenvalue weighted by Crippen LogP contribution is -2.07. The molecule has 0 amide bonds. The topological polar surface area (TPSA) is 52.6 Å². The Labute approximate surface area is 212 Å². The van der Waals surface area contributed by atoms with E-state index < -0.39 is 0 Å². The van der Waals surface area contributed by atoms with E-state index in [2.05, 4.69) is 58.9 Å². The Kier molecular flexibility index (Phi) is 13.7. The van der Waals surface area contributed by atoms with Gasteiger partial charge >= 0.3 is 11.9 Å². The van der Waals surface area contributed by atoms with Gasteiger partial charge in [0, 0.05) is 19.4 Å². The number of aryl methyl sites for hydroxylation is 1. The van der Waals surface area contributed by atoms with E-state index in [0.29, 0.717) is 17.9 Å². The first-order valence-electron chi connectivity index (χ1n) is 12.6. The molecular weight excluding hydrogens is 436 g/mol. The summed E-state index contributed by atoms with van der Waals surface area (Å²) in [5.74, 6) is 0.261. The first kappa shape index (κ1) is 30.2. The van der Waals surface area contributed by atoms with Crippen LogP contribution in [0.25, 0.3) is 0 Å². The molecule has 0 aromatic heterocycles. The van der Waals surface area contributed by atoms with Crippen molar-refractivity contribution in [1.29, 1.82) is 0 Å². The van der Waals surface area contributed by atoms with Gasteiger partial charge in [-0.15, -0.1) is 0 Å². The van der Waals surface area contributed by atoms with Crippen molar-refractivity contribution in [3.63, 3.8) is 0 Å². The molecule has 0 atom stereocenters. The minimum atomic E-state index is -0.376. The molecule has 1 aromatic rings. The van der Waals surface area contributed by atoms with E-state index >= 15 is 0 Å². The van der Waals surface area contributed by atoms with Gasteiger partial charge in [-0.05, 0) is 104 Å². The first-order chi connectivity index (χ1) is 16.5. The van der Waals surface area contributed by atoms with Gasteiger partial charge in [-0.25, -0.2) is 0 Å². The molecule has 0 fully saturated rings. The van der Waals surface area contributed by atoms with Crippen LogP contribution in [0.1, 0.15) is 98.1 Å². The maximum atomic E-state index is 11.6. The minimum Gasteiger partial charge on any atom is -0.427 e. The highest BCUT2D eigenvalue weighted by molar-refractivity contribution is 5.72. The number of benzene rings is 1. The number of hydrogen-bond donors (Lipinski definition) is 0. The molecule has 4 nitrogen and oxygen atoms in total. The fourth-order valence-corrected chi connectivity index (χ4v) is 3.75. The molecule has 0 saturated carbocycles. The number of allylic oxidation sites excluding steroid dienone is 8. The van der Waals surface area contributed by atoms with Crippen molar-refractivity contribution in [2.75, 3.05) is 0 Å². The molecule has 4 heteroatoms. The van der Waals surface area contributed by atoms with Gasteiger partial charge in [-0.2, -0.15) is 0 Å². The lowest BCUT2D eigenvalue weighted by molar-refractivity contribution is -0.133. The van der Waals surface area contributed by atoms with Crippen molar-refractivity contribution in [2.45, 2.75) is 100 Å². The van der Waals surface area contributed by atoms with Crippen LogP contribution in [-0.4, -0.2) is 11.9 Å². The van der Waals surface area contributed by atoms with Gasteiger partial charge in [0.15, 0.2) is 0 Å². The second-order valence-electron chi connectivity index (χ2n) is 9.67. The van der Waals surface area contributed by atoms with E-state index in [1.54, 1.807) is 12.1 Å². The number of hydrogen-bond acceptors (Lipinski definition) is 4. The maximum Gasteiger partial charge on any atom is 0.308 e. The summed E-state index contributed by atoms with van der Waals surface area (Å²) in [5.41, 5.74) is 7.14. The van der Waals surface area contributed by atoms with Gasteiger partial charge in [-0.1, -0.05) is 46.6 Å². The fourth-order valence-electron chi connectivity index (χ4n) is 3.75. The molecule has 1 rings (SSSR count). The molecule has 0 bridgehead atoms. The summed E-state index contributed by atoms with van der Waals surface area (Å²) in [6.45, 7) is 15.5. The predicted octanol–water partition coefficient (Wildman–Crippen LogP) is 8.53. The van der Waals surface area contributed by atoms with E-state index in [4.69, 9.17) is 9.47 Å². The lowest BCUT2D eigenvalue weighted by Gasteiger charge is -2.13. The SMILES string of the molecule is CC(=O)Oc1cc(C)c(OC(C)=O)c(CC=C(C)CCC=C(C)CCC=C(C)CCC=C(C)C)c1. The Bertz CT molecular complexity index is 985. The summed E-state index contributed by atoms with van der Waals surface area (Å²) in [4.78, 5) is 22.9. The molecule has 192 valence electrons. The van der Waals surface area contributed by atoms with Crippen molar-refractivity contribution in [1.82, 2.24) is 0 Å². The van der Waals surface area contributed by atoms with E-state index in [9.17, 15) is 9.59 Å². The van der Waals surface area contributed by atoms with Crippen LogP contribution in [0.5, 0.6) is 11.5 Å². The Morgan fingerprint density at radius 1 is 0.686 bits per heavy atom. The highest BCUT2D eigenvalue weighted by Gasteiger charge is 2.13. The molecule has 0 heterocycles.